The first kappa shape index (κ1) is 19.8. The number of rotatable bonds is 6. The average molecular weight is 400 g/mol. The fourth-order valence-electron chi connectivity index (χ4n) is 3.12. The Bertz CT molecular complexity index is 934. The van der Waals surface area contributed by atoms with Gasteiger partial charge in [0.25, 0.3) is 11.8 Å². The van der Waals surface area contributed by atoms with E-state index in [4.69, 9.17) is 16.3 Å². The highest BCUT2D eigenvalue weighted by molar-refractivity contribution is 6.34. The van der Waals surface area contributed by atoms with Gasteiger partial charge in [-0.05, 0) is 30.2 Å². The summed E-state index contributed by atoms with van der Waals surface area (Å²) < 4.78 is 5.15. The van der Waals surface area contributed by atoms with Crippen molar-refractivity contribution in [2.75, 3.05) is 6.61 Å². The monoisotopic (exact) mass is 399 g/mol. The number of fused-ring (bicyclic) bond motifs is 1. The van der Waals surface area contributed by atoms with Crippen LogP contribution in [-0.2, 0) is 9.53 Å². The van der Waals surface area contributed by atoms with Crippen LogP contribution in [0.1, 0.15) is 44.9 Å². The van der Waals surface area contributed by atoms with Crippen LogP contribution in [0.25, 0.3) is 0 Å². The average Bonchev–Trinajstić information content (AvgIpc) is 2.92. The molecule has 1 heterocycles. The minimum absolute atomic E-state index is 0.235. The summed E-state index contributed by atoms with van der Waals surface area (Å²) in [6.45, 7) is 2.87. The second kappa shape index (κ2) is 7.94. The Balaban J connectivity index is 1.77. The van der Waals surface area contributed by atoms with Gasteiger partial charge in [0.2, 0.25) is 5.78 Å². The zero-order valence-electron chi connectivity index (χ0n) is 15.3. The fraction of sp³-hybridized carbons (Fsp3) is 0.238. The van der Waals surface area contributed by atoms with Crippen LogP contribution in [0.5, 0.6) is 0 Å². The molecule has 6 nitrogen and oxygen atoms in total. The van der Waals surface area contributed by atoms with Crippen molar-refractivity contribution in [3.63, 3.8) is 0 Å². The summed E-state index contributed by atoms with van der Waals surface area (Å²) >= 11 is 5.98. The van der Waals surface area contributed by atoms with Crippen molar-refractivity contribution >= 4 is 35.2 Å². The maximum atomic E-state index is 12.7. The lowest BCUT2D eigenvalue weighted by molar-refractivity contribution is -0.148. The van der Waals surface area contributed by atoms with Crippen LogP contribution < -0.4 is 0 Å². The molecule has 1 aliphatic heterocycles. The molecule has 28 heavy (non-hydrogen) atoms. The third-order valence-corrected chi connectivity index (χ3v) is 4.83. The predicted octanol–water partition coefficient (Wildman–Crippen LogP) is 3.39. The quantitative estimate of drug-likeness (QED) is 0.422. The molecule has 0 aliphatic carbocycles. The van der Waals surface area contributed by atoms with Crippen LogP contribution in [0.15, 0.2) is 48.5 Å². The van der Waals surface area contributed by atoms with E-state index in [0.29, 0.717) is 0 Å². The van der Waals surface area contributed by atoms with E-state index >= 15 is 0 Å². The number of carbonyl (C=O) groups is 4. The molecule has 3 rings (SSSR count). The molecular weight excluding hydrogens is 382 g/mol. The van der Waals surface area contributed by atoms with E-state index < -0.39 is 42.1 Å². The number of imide groups is 1. The van der Waals surface area contributed by atoms with E-state index in [1.165, 1.54) is 6.07 Å². The molecule has 0 N–H and O–H groups in total. The number of hydrogen-bond donors (Lipinski definition) is 0. The first-order valence-corrected chi connectivity index (χ1v) is 9.12. The van der Waals surface area contributed by atoms with E-state index in [9.17, 15) is 19.2 Å². The van der Waals surface area contributed by atoms with Crippen molar-refractivity contribution in [2.24, 2.45) is 5.92 Å². The molecule has 0 saturated heterocycles. The van der Waals surface area contributed by atoms with Gasteiger partial charge in [-0.1, -0.05) is 49.7 Å². The van der Waals surface area contributed by atoms with Gasteiger partial charge in [0, 0.05) is 5.56 Å². The molecule has 1 aliphatic rings. The highest BCUT2D eigenvalue weighted by Gasteiger charge is 2.44. The van der Waals surface area contributed by atoms with Crippen LogP contribution in [0.2, 0.25) is 5.02 Å². The molecule has 1 atom stereocenters. The summed E-state index contributed by atoms with van der Waals surface area (Å²) in [5.41, 5.74) is 0.731. The van der Waals surface area contributed by atoms with E-state index in [1.807, 2.05) is 0 Å². The van der Waals surface area contributed by atoms with E-state index in [-0.39, 0.29) is 21.7 Å². The lowest BCUT2D eigenvalue weighted by atomic mass is 10.0. The number of hydrogen-bond acceptors (Lipinski definition) is 5. The third-order valence-electron chi connectivity index (χ3n) is 4.50. The van der Waals surface area contributed by atoms with E-state index in [1.54, 1.807) is 56.3 Å². The number of amides is 2. The van der Waals surface area contributed by atoms with Crippen molar-refractivity contribution in [1.82, 2.24) is 4.90 Å². The minimum Gasteiger partial charge on any atom is -0.456 e. The molecule has 0 fully saturated rings. The third kappa shape index (κ3) is 3.55. The SMILES string of the molecule is CC(C)[C@@H](C(=O)OCC(=O)c1ccccc1Cl)N1C(=O)c2ccccc2C1=O. The maximum Gasteiger partial charge on any atom is 0.330 e. The number of benzene rings is 2. The second-order valence-electron chi connectivity index (χ2n) is 6.73. The zero-order chi connectivity index (χ0) is 20.4. The standard InChI is InChI=1S/C21H18ClNO5/c1-12(2)18(23-19(25)13-7-3-4-8-14(13)20(23)26)21(27)28-11-17(24)15-9-5-6-10-16(15)22/h3-10,12,18H,11H2,1-2H3/t18-/m0/s1. The Labute approximate surface area is 167 Å². The lowest BCUT2D eigenvalue weighted by Crippen LogP contribution is -2.49. The normalized spacial score (nSPS) is 14.2. The number of halogens is 1. The summed E-state index contributed by atoms with van der Waals surface area (Å²) in [5.74, 6) is -2.78. The van der Waals surface area contributed by atoms with E-state index in [0.717, 1.165) is 4.90 Å². The number of ether oxygens (including phenoxy) is 1. The van der Waals surface area contributed by atoms with Crippen LogP contribution in [0, 0.1) is 5.92 Å². The molecule has 0 radical (unpaired) electrons. The molecule has 0 saturated carbocycles. The van der Waals surface area contributed by atoms with Gasteiger partial charge in [0.15, 0.2) is 6.61 Å². The molecule has 144 valence electrons. The second-order valence-corrected chi connectivity index (χ2v) is 7.13. The van der Waals surface area contributed by atoms with Crippen LogP contribution in [0.4, 0.5) is 0 Å². The summed E-state index contributed by atoms with van der Waals surface area (Å²) in [4.78, 5) is 51.2. The number of Topliss-reactive ketones (excluding diaryl/α,β-unsaturated/α-hetero) is 1. The largest absolute Gasteiger partial charge is 0.456 e. The van der Waals surface area contributed by atoms with Crippen LogP contribution >= 0.6 is 11.6 Å². The van der Waals surface area contributed by atoms with Gasteiger partial charge in [-0.2, -0.15) is 0 Å². The van der Waals surface area contributed by atoms with Gasteiger partial charge in [-0.25, -0.2) is 4.79 Å². The summed E-state index contributed by atoms with van der Waals surface area (Å²) in [6, 6.07) is 11.7. The van der Waals surface area contributed by atoms with Crippen molar-refractivity contribution in [3.05, 3.63) is 70.2 Å². The lowest BCUT2D eigenvalue weighted by Gasteiger charge is -2.27. The van der Waals surface area contributed by atoms with Gasteiger partial charge in [0.05, 0.1) is 16.1 Å². The molecule has 7 heteroatoms. The number of ketones is 1. The zero-order valence-corrected chi connectivity index (χ0v) is 16.1. The highest BCUT2D eigenvalue weighted by atomic mass is 35.5. The Morgan fingerprint density at radius 3 is 2.04 bits per heavy atom. The summed E-state index contributed by atoms with van der Waals surface area (Å²) in [6.07, 6.45) is 0. The number of esters is 1. The topological polar surface area (TPSA) is 80.8 Å². The first-order chi connectivity index (χ1) is 13.3. The van der Waals surface area contributed by atoms with Crippen LogP contribution in [-0.4, -0.2) is 41.1 Å². The minimum atomic E-state index is -1.13. The molecule has 2 aromatic carbocycles. The Kier molecular flexibility index (Phi) is 5.61. The highest BCUT2D eigenvalue weighted by Crippen LogP contribution is 2.27. The Morgan fingerprint density at radius 1 is 0.964 bits per heavy atom. The summed E-state index contributed by atoms with van der Waals surface area (Å²) in [5, 5.41) is 0.254. The van der Waals surface area contributed by atoms with Gasteiger partial charge < -0.3 is 4.74 Å². The van der Waals surface area contributed by atoms with E-state index in [2.05, 4.69) is 0 Å². The molecule has 0 aromatic heterocycles. The Hall–Kier alpha value is -2.99. The number of carbonyl (C=O) groups excluding carboxylic acids is 4. The maximum absolute atomic E-state index is 12.7. The smallest absolute Gasteiger partial charge is 0.330 e. The van der Waals surface area contributed by atoms with Crippen molar-refractivity contribution in [2.45, 2.75) is 19.9 Å². The molecule has 2 amide bonds. The molecule has 0 unspecified atom stereocenters. The van der Waals surface area contributed by atoms with Crippen molar-refractivity contribution < 1.29 is 23.9 Å². The predicted molar refractivity (Wildman–Crippen MR) is 102 cm³/mol. The van der Waals surface area contributed by atoms with Gasteiger partial charge >= 0.3 is 5.97 Å². The van der Waals surface area contributed by atoms with Gasteiger partial charge in [-0.15, -0.1) is 0 Å². The Morgan fingerprint density at radius 2 is 1.50 bits per heavy atom. The van der Waals surface area contributed by atoms with Crippen molar-refractivity contribution in [3.8, 4) is 0 Å². The number of nitrogens with zero attached hydrogens (tertiary/aromatic N) is 1. The molecular formula is C21H18ClNO5. The first-order valence-electron chi connectivity index (χ1n) is 8.74. The van der Waals surface area contributed by atoms with Crippen molar-refractivity contribution in [1.29, 1.82) is 0 Å². The van der Waals surface area contributed by atoms with Gasteiger partial charge in [-0.3, -0.25) is 19.3 Å². The van der Waals surface area contributed by atoms with Gasteiger partial charge in [0.1, 0.15) is 6.04 Å². The molecule has 0 spiro atoms. The molecule has 2 aromatic rings. The molecule has 0 bridgehead atoms. The summed E-state index contributed by atoms with van der Waals surface area (Å²) in [7, 11) is 0. The van der Waals surface area contributed by atoms with Crippen LogP contribution in [0.3, 0.4) is 0 Å². The fourth-order valence-corrected chi connectivity index (χ4v) is 3.36.